The first kappa shape index (κ1) is 16.4. The highest BCUT2D eigenvalue weighted by Gasteiger charge is 2.39. The fourth-order valence-electron chi connectivity index (χ4n) is 3.32. The summed E-state index contributed by atoms with van der Waals surface area (Å²) in [4.78, 5) is 37.6. The SMILES string of the molecule is O=C1CC2CCC(CN1)N2C(=O)CNC(=O)c1cc(F)cc(F)c1. The van der Waals surface area contributed by atoms with Crippen LogP contribution in [0.3, 0.4) is 0 Å². The molecule has 2 bridgehead atoms. The number of amides is 3. The molecular weight excluding hydrogens is 320 g/mol. The van der Waals surface area contributed by atoms with Crippen LogP contribution in [0.2, 0.25) is 0 Å². The molecule has 1 aromatic rings. The summed E-state index contributed by atoms with van der Waals surface area (Å²) in [5.41, 5.74) is -0.184. The number of fused-ring (bicyclic) bond motifs is 2. The molecule has 2 atom stereocenters. The van der Waals surface area contributed by atoms with Gasteiger partial charge in [0.1, 0.15) is 11.6 Å². The maximum atomic E-state index is 13.1. The Balaban J connectivity index is 1.63. The van der Waals surface area contributed by atoms with Crippen LogP contribution < -0.4 is 10.6 Å². The molecule has 0 aromatic heterocycles. The van der Waals surface area contributed by atoms with E-state index in [0.29, 0.717) is 12.6 Å². The molecule has 1 aromatic carbocycles. The number of carbonyl (C=O) groups excluding carboxylic acids is 3. The molecule has 128 valence electrons. The summed E-state index contributed by atoms with van der Waals surface area (Å²) in [6, 6.07) is 2.24. The predicted molar refractivity (Wildman–Crippen MR) is 80.0 cm³/mol. The Kier molecular flexibility index (Phi) is 4.46. The molecule has 2 unspecified atom stereocenters. The van der Waals surface area contributed by atoms with Crippen molar-refractivity contribution >= 4 is 17.7 Å². The van der Waals surface area contributed by atoms with Crippen molar-refractivity contribution < 1.29 is 23.2 Å². The summed E-state index contributed by atoms with van der Waals surface area (Å²) >= 11 is 0. The van der Waals surface area contributed by atoms with E-state index >= 15 is 0 Å². The molecule has 2 heterocycles. The number of halogens is 2. The molecule has 0 saturated carbocycles. The molecule has 8 heteroatoms. The maximum absolute atomic E-state index is 13.1. The molecule has 3 amide bonds. The Morgan fingerprint density at radius 2 is 1.83 bits per heavy atom. The first-order valence-electron chi connectivity index (χ1n) is 7.76. The van der Waals surface area contributed by atoms with E-state index in [0.717, 1.165) is 25.0 Å². The van der Waals surface area contributed by atoms with Crippen LogP contribution in [0.15, 0.2) is 18.2 Å². The number of nitrogens with one attached hydrogen (secondary N) is 2. The van der Waals surface area contributed by atoms with Gasteiger partial charge < -0.3 is 15.5 Å². The van der Waals surface area contributed by atoms with Crippen LogP contribution >= 0.6 is 0 Å². The van der Waals surface area contributed by atoms with Crippen molar-refractivity contribution in [2.45, 2.75) is 31.3 Å². The van der Waals surface area contributed by atoms with Crippen molar-refractivity contribution in [1.29, 1.82) is 0 Å². The van der Waals surface area contributed by atoms with E-state index in [-0.39, 0.29) is 42.4 Å². The van der Waals surface area contributed by atoms with E-state index in [1.54, 1.807) is 4.90 Å². The van der Waals surface area contributed by atoms with Gasteiger partial charge in [-0.25, -0.2) is 8.78 Å². The second kappa shape index (κ2) is 6.54. The van der Waals surface area contributed by atoms with E-state index in [1.807, 2.05) is 0 Å². The zero-order valence-electron chi connectivity index (χ0n) is 12.9. The van der Waals surface area contributed by atoms with Crippen LogP contribution in [-0.4, -0.2) is 47.8 Å². The largest absolute Gasteiger partial charge is 0.354 e. The van der Waals surface area contributed by atoms with Crippen molar-refractivity contribution in [3.8, 4) is 0 Å². The smallest absolute Gasteiger partial charge is 0.251 e. The number of hydrogen-bond acceptors (Lipinski definition) is 3. The van der Waals surface area contributed by atoms with Gasteiger partial charge in [0.25, 0.3) is 5.91 Å². The van der Waals surface area contributed by atoms with E-state index in [2.05, 4.69) is 10.6 Å². The summed E-state index contributed by atoms with van der Waals surface area (Å²) in [7, 11) is 0. The third kappa shape index (κ3) is 3.37. The van der Waals surface area contributed by atoms with Crippen molar-refractivity contribution in [1.82, 2.24) is 15.5 Å². The second-order valence-corrected chi connectivity index (χ2v) is 6.04. The normalized spacial score (nSPS) is 22.8. The molecule has 0 spiro atoms. The lowest BCUT2D eigenvalue weighted by Crippen LogP contribution is -2.47. The van der Waals surface area contributed by atoms with Crippen molar-refractivity contribution in [3.05, 3.63) is 35.4 Å². The molecule has 2 saturated heterocycles. The predicted octanol–water partition coefficient (Wildman–Crippen LogP) is 0.574. The topological polar surface area (TPSA) is 78.5 Å². The Hall–Kier alpha value is -2.51. The van der Waals surface area contributed by atoms with Crippen molar-refractivity contribution in [3.63, 3.8) is 0 Å². The van der Waals surface area contributed by atoms with Crippen molar-refractivity contribution in [2.75, 3.05) is 13.1 Å². The summed E-state index contributed by atoms with van der Waals surface area (Å²) in [5.74, 6) is -2.83. The fraction of sp³-hybridized carbons (Fsp3) is 0.438. The zero-order chi connectivity index (χ0) is 17.3. The summed E-state index contributed by atoms with van der Waals surface area (Å²) in [6.07, 6.45) is 1.82. The highest BCUT2D eigenvalue weighted by atomic mass is 19.1. The lowest BCUT2D eigenvalue weighted by atomic mass is 10.1. The van der Waals surface area contributed by atoms with E-state index in [4.69, 9.17) is 0 Å². The number of nitrogens with zero attached hydrogens (tertiary/aromatic N) is 1. The van der Waals surface area contributed by atoms with Crippen LogP contribution in [-0.2, 0) is 9.59 Å². The number of carbonyl (C=O) groups is 3. The highest BCUT2D eigenvalue weighted by molar-refractivity contribution is 5.96. The first-order valence-corrected chi connectivity index (χ1v) is 7.76. The quantitative estimate of drug-likeness (QED) is 0.847. The van der Waals surface area contributed by atoms with Gasteiger partial charge in [-0.3, -0.25) is 14.4 Å². The summed E-state index contributed by atoms with van der Waals surface area (Å²) < 4.78 is 26.3. The van der Waals surface area contributed by atoms with Gasteiger partial charge in [-0.2, -0.15) is 0 Å². The molecule has 0 radical (unpaired) electrons. The molecular formula is C16H17F2N3O3. The molecule has 2 aliphatic heterocycles. The van der Waals surface area contributed by atoms with Gasteiger partial charge in [-0.1, -0.05) is 0 Å². The lowest BCUT2D eigenvalue weighted by Gasteiger charge is -2.27. The van der Waals surface area contributed by atoms with Gasteiger partial charge in [0.05, 0.1) is 6.54 Å². The summed E-state index contributed by atoms with van der Waals surface area (Å²) in [5, 5.41) is 5.14. The van der Waals surface area contributed by atoms with Crippen LogP contribution in [0.4, 0.5) is 8.78 Å². The van der Waals surface area contributed by atoms with Gasteiger partial charge in [-0.05, 0) is 25.0 Å². The Morgan fingerprint density at radius 1 is 1.17 bits per heavy atom. The van der Waals surface area contributed by atoms with E-state index in [1.165, 1.54) is 0 Å². The molecule has 6 nitrogen and oxygen atoms in total. The van der Waals surface area contributed by atoms with Gasteiger partial charge in [0.15, 0.2) is 0 Å². The third-order valence-electron chi connectivity index (χ3n) is 4.39. The van der Waals surface area contributed by atoms with E-state index < -0.39 is 17.5 Å². The van der Waals surface area contributed by atoms with Gasteiger partial charge in [0, 0.05) is 36.7 Å². The van der Waals surface area contributed by atoms with Crippen LogP contribution in [0.5, 0.6) is 0 Å². The fourth-order valence-corrected chi connectivity index (χ4v) is 3.32. The molecule has 24 heavy (non-hydrogen) atoms. The Morgan fingerprint density at radius 3 is 2.54 bits per heavy atom. The lowest BCUT2D eigenvalue weighted by molar-refractivity contribution is -0.132. The average Bonchev–Trinajstić information content (AvgIpc) is 2.83. The molecule has 2 fully saturated rings. The second-order valence-electron chi connectivity index (χ2n) is 6.04. The van der Waals surface area contributed by atoms with Crippen molar-refractivity contribution in [2.24, 2.45) is 0 Å². The zero-order valence-corrected chi connectivity index (χ0v) is 12.9. The third-order valence-corrected chi connectivity index (χ3v) is 4.39. The minimum absolute atomic E-state index is 0.0718. The standard InChI is InChI=1S/C16H17F2N3O3/c17-10-3-9(4-11(18)5-10)16(24)20-8-15(23)21-12-1-2-13(21)7-19-14(22)6-12/h3-5,12-13H,1-2,6-8H2,(H,19,22)(H,20,24). The molecule has 3 rings (SSSR count). The molecule has 0 aliphatic carbocycles. The maximum Gasteiger partial charge on any atom is 0.251 e. The Bertz CT molecular complexity index is 675. The Labute approximate surface area is 137 Å². The summed E-state index contributed by atoms with van der Waals surface area (Å²) in [6.45, 7) is 0.127. The number of rotatable bonds is 3. The number of hydrogen-bond donors (Lipinski definition) is 2. The van der Waals surface area contributed by atoms with Gasteiger partial charge in [-0.15, -0.1) is 0 Å². The van der Waals surface area contributed by atoms with Crippen LogP contribution in [0.25, 0.3) is 0 Å². The monoisotopic (exact) mass is 337 g/mol. The first-order chi connectivity index (χ1) is 11.4. The highest BCUT2D eigenvalue weighted by Crippen LogP contribution is 2.28. The number of benzene rings is 1. The minimum atomic E-state index is -0.860. The van der Waals surface area contributed by atoms with Gasteiger partial charge in [0.2, 0.25) is 11.8 Å². The molecule has 2 aliphatic rings. The average molecular weight is 337 g/mol. The van der Waals surface area contributed by atoms with E-state index in [9.17, 15) is 23.2 Å². The van der Waals surface area contributed by atoms with Gasteiger partial charge >= 0.3 is 0 Å². The van der Waals surface area contributed by atoms with Crippen LogP contribution in [0.1, 0.15) is 29.6 Å². The molecule has 2 N–H and O–H groups in total. The van der Waals surface area contributed by atoms with Crippen LogP contribution in [0, 0.1) is 11.6 Å². The minimum Gasteiger partial charge on any atom is -0.354 e.